The van der Waals surface area contributed by atoms with Crippen LogP contribution in [0.1, 0.15) is 15.9 Å². The van der Waals surface area contributed by atoms with Gasteiger partial charge in [-0.1, -0.05) is 40.9 Å². The van der Waals surface area contributed by atoms with Crippen molar-refractivity contribution in [3.8, 4) is 5.75 Å². The van der Waals surface area contributed by atoms with Gasteiger partial charge in [-0.3, -0.25) is 14.4 Å². The topological polar surface area (TPSA) is 87.7 Å². The Morgan fingerprint density at radius 3 is 2.39 bits per heavy atom. The first-order valence-electron chi connectivity index (χ1n) is 10.4. The third-order valence-electron chi connectivity index (χ3n) is 5.36. The summed E-state index contributed by atoms with van der Waals surface area (Å²) in [5.74, 6) is -2.30. The van der Waals surface area contributed by atoms with E-state index in [4.69, 9.17) is 39.5 Å². The molecule has 7 nitrogen and oxygen atoms in total. The van der Waals surface area contributed by atoms with Crippen LogP contribution in [0.4, 0.5) is 21.5 Å². The molecule has 11 heteroatoms. The highest BCUT2D eigenvalue weighted by atomic mass is 35.5. The van der Waals surface area contributed by atoms with Crippen LogP contribution < -0.4 is 20.3 Å². The Kier molecular flexibility index (Phi) is 7.21. The van der Waals surface area contributed by atoms with Gasteiger partial charge in [0, 0.05) is 16.3 Å². The minimum atomic E-state index is -0.800. The molecule has 184 valence electrons. The van der Waals surface area contributed by atoms with Gasteiger partial charge < -0.3 is 15.4 Å². The van der Waals surface area contributed by atoms with Gasteiger partial charge in [0.1, 0.15) is 22.3 Å². The van der Waals surface area contributed by atoms with E-state index in [1.54, 1.807) is 37.3 Å². The number of amides is 3. The quantitative estimate of drug-likeness (QED) is 0.362. The lowest BCUT2D eigenvalue weighted by Crippen LogP contribution is -2.32. The number of hydrogen-bond donors (Lipinski definition) is 2. The van der Waals surface area contributed by atoms with E-state index in [9.17, 15) is 18.8 Å². The molecule has 4 rings (SSSR count). The van der Waals surface area contributed by atoms with Crippen LogP contribution in [0, 0.1) is 12.7 Å². The lowest BCUT2D eigenvalue weighted by atomic mass is 10.1. The van der Waals surface area contributed by atoms with Gasteiger partial charge in [0.05, 0.1) is 23.5 Å². The average Bonchev–Trinajstić information content (AvgIpc) is 3.05. The number of nitrogens with one attached hydrogen (secondary N) is 2. The molecule has 0 spiro atoms. The number of rotatable bonds is 6. The van der Waals surface area contributed by atoms with Crippen LogP contribution in [0.2, 0.25) is 10.0 Å². The standard InChI is InChI=1S/C25H17Cl3FN3O4/c1-12-3-4-13(23(33)31-19-10-14(26)5-8-20(19)36-2)9-18(12)30-22-21(28)24(34)32(25(22)35)15-6-7-17(29)16(27)11-15/h3-11,30H,1-2H3,(H,31,33). The van der Waals surface area contributed by atoms with Crippen LogP contribution >= 0.6 is 34.8 Å². The molecular formula is C25H17Cl3FN3O4. The Bertz CT molecular complexity index is 1460. The van der Waals surface area contributed by atoms with Gasteiger partial charge in [-0.2, -0.15) is 0 Å². The number of carbonyl (C=O) groups excluding carboxylic acids is 3. The summed E-state index contributed by atoms with van der Waals surface area (Å²) in [6.45, 7) is 1.75. The highest BCUT2D eigenvalue weighted by molar-refractivity contribution is 6.53. The van der Waals surface area contributed by atoms with Crippen molar-refractivity contribution in [3.05, 3.63) is 92.3 Å². The fraction of sp³-hybridized carbons (Fsp3) is 0.0800. The zero-order valence-electron chi connectivity index (χ0n) is 18.8. The van der Waals surface area contributed by atoms with Crippen molar-refractivity contribution in [1.29, 1.82) is 0 Å². The molecule has 1 aliphatic rings. The second-order valence-corrected chi connectivity index (χ2v) is 8.91. The molecule has 0 fully saturated rings. The van der Waals surface area contributed by atoms with Crippen molar-refractivity contribution in [2.45, 2.75) is 6.92 Å². The SMILES string of the molecule is COc1ccc(Cl)cc1NC(=O)c1ccc(C)c(NC2=C(Cl)C(=O)N(c3ccc(F)c(Cl)c3)C2=O)c1. The first-order valence-corrected chi connectivity index (χ1v) is 11.5. The summed E-state index contributed by atoms with van der Waals surface area (Å²) in [5.41, 5.74) is 1.54. The molecule has 3 amide bonds. The zero-order valence-corrected chi connectivity index (χ0v) is 21.1. The fourth-order valence-corrected chi connectivity index (χ4v) is 4.03. The molecule has 0 bridgehead atoms. The number of hydrogen-bond acceptors (Lipinski definition) is 5. The molecule has 0 aliphatic carbocycles. The summed E-state index contributed by atoms with van der Waals surface area (Å²) in [7, 11) is 1.47. The fourth-order valence-electron chi connectivity index (χ4n) is 3.47. The first kappa shape index (κ1) is 25.5. The van der Waals surface area contributed by atoms with Crippen molar-refractivity contribution >= 4 is 69.6 Å². The monoisotopic (exact) mass is 547 g/mol. The molecule has 0 saturated carbocycles. The van der Waals surface area contributed by atoms with Crippen molar-refractivity contribution in [2.24, 2.45) is 0 Å². The maximum Gasteiger partial charge on any atom is 0.283 e. The Labute approximate surface area is 220 Å². The maximum atomic E-state index is 13.6. The molecule has 36 heavy (non-hydrogen) atoms. The molecule has 3 aromatic rings. The summed E-state index contributed by atoms with van der Waals surface area (Å²) in [5, 5.41) is 5.39. The molecule has 0 aromatic heterocycles. The minimum Gasteiger partial charge on any atom is -0.495 e. The van der Waals surface area contributed by atoms with Crippen molar-refractivity contribution in [2.75, 3.05) is 22.6 Å². The Balaban J connectivity index is 1.60. The molecule has 0 atom stereocenters. The number of methoxy groups -OCH3 is 1. The number of imide groups is 1. The minimum absolute atomic E-state index is 0.0617. The molecule has 2 N–H and O–H groups in total. The van der Waals surface area contributed by atoms with Crippen molar-refractivity contribution in [3.63, 3.8) is 0 Å². The second kappa shape index (κ2) is 10.2. The van der Waals surface area contributed by atoms with E-state index in [2.05, 4.69) is 10.6 Å². The lowest BCUT2D eigenvalue weighted by Gasteiger charge is -2.16. The third kappa shape index (κ3) is 4.88. The van der Waals surface area contributed by atoms with Gasteiger partial charge in [-0.25, -0.2) is 9.29 Å². The summed E-state index contributed by atoms with van der Waals surface area (Å²) in [4.78, 5) is 39.5. The van der Waals surface area contributed by atoms with Crippen LogP contribution in [0.25, 0.3) is 0 Å². The lowest BCUT2D eigenvalue weighted by molar-refractivity contribution is -0.120. The van der Waals surface area contributed by atoms with E-state index >= 15 is 0 Å². The third-order valence-corrected chi connectivity index (χ3v) is 6.23. The highest BCUT2D eigenvalue weighted by Gasteiger charge is 2.39. The molecule has 0 unspecified atom stereocenters. The first-order chi connectivity index (χ1) is 17.1. The number of anilines is 3. The van der Waals surface area contributed by atoms with Crippen LogP contribution in [0.15, 0.2) is 65.3 Å². The summed E-state index contributed by atoms with van der Waals surface area (Å²) in [6, 6.07) is 13.0. The molecule has 0 saturated heterocycles. The summed E-state index contributed by atoms with van der Waals surface area (Å²) in [6.07, 6.45) is 0. The van der Waals surface area contributed by atoms with Gasteiger partial charge in [0.15, 0.2) is 0 Å². The van der Waals surface area contributed by atoms with E-state index < -0.39 is 23.5 Å². The van der Waals surface area contributed by atoms with Crippen LogP contribution in [0.3, 0.4) is 0 Å². The normalized spacial score (nSPS) is 13.3. The van der Waals surface area contributed by atoms with Gasteiger partial charge in [-0.05, 0) is 61.0 Å². The van der Waals surface area contributed by atoms with Gasteiger partial charge >= 0.3 is 0 Å². The van der Waals surface area contributed by atoms with Crippen LogP contribution in [-0.2, 0) is 9.59 Å². The number of benzene rings is 3. The van der Waals surface area contributed by atoms with Gasteiger partial charge in [-0.15, -0.1) is 0 Å². The van der Waals surface area contributed by atoms with E-state index in [1.807, 2.05) is 0 Å². The maximum absolute atomic E-state index is 13.6. The van der Waals surface area contributed by atoms with Gasteiger partial charge in [0.2, 0.25) is 0 Å². The largest absolute Gasteiger partial charge is 0.495 e. The highest BCUT2D eigenvalue weighted by Crippen LogP contribution is 2.33. The Hall–Kier alpha value is -3.59. The average molecular weight is 549 g/mol. The number of carbonyl (C=O) groups is 3. The van der Waals surface area contributed by atoms with E-state index in [-0.39, 0.29) is 27.0 Å². The Morgan fingerprint density at radius 1 is 0.944 bits per heavy atom. The van der Waals surface area contributed by atoms with Crippen molar-refractivity contribution < 1.29 is 23.5 Å². The second-order valence-electron chi connectivity index (χ2n) is 7.69. The van der Waals surface area contributed by atoms with E-state index in [0.29, 0.717) is 27.7 Å². The molecule has 0 radical (unpaired) electrons. The number of halogens is 4. The van der Waals surface area contributed by atoms with E-state index in [1.165, 1.54) is 19.2 Å². The van der Waals surface area contributed by atoms with Crippen molar-refractivity contribution in [1.82, 2.24) is 0 Å². The Morgan fingerprint density at radius 2 is 1.69 bits per heavy atom. The summed E-state index contributed by atoms with van der Waals surface area (Å²) >= 11 is 18.0. The number of ether oxygens (including phenoxy) is 1. The smallest absolute Gasteiger partial charge is 0.283 e. The molecular weight excluding hydrogens is 532 g/mol. The molecule has 3 aromatic carbocycles. The van der Waals surface area contributed by atoms with Crippen LogP contribution in [-0.4, -0.2) is 24.8 Å². The summed E-state index contributed by atoms with van der Waals surface area (Å²) < 4.78 is 18.8. The zero-order chi connectivity index (χ0) is 26.1. The molecule has 1 aliphatic heterocycles. The van der Waals surface area contributed by atoms with Crippen LogP contribution in [0.5, 0.6) is 5.75 Å². The predicted octanol–water partition coefficient (Wildman–Crippen LogP) is 6.14. The van der Waals surface area contributed by atoms with Gasteiger partial charge in [0.25, 0.3) is 17.7 Å². The molecule has 1 heterocycles. The number of nitrogens with zero attached hydrogens (tertiary/aromatic N) is 1. The van der Waals surface area contributed by atoms with E-state index in [0.717, 1.165) is 17.0 Å². The predicted molar refractivity (Wildman–Crippen MR) is 138 cm³/mol. The number of aryl methyl sites for hydroxylation is 1.